The predicted octanol–water partition coefficient (Wildman–Crippen LogP) is 2.49. The minimum Gasteiger partial charge on any atom is -0.397 e. The number of rotatable bonds is 2. The summed E-state index contributed by atoms with van der Waals surface area (Å²) in [5.74, 6) is 1.47. The molecule has 3 aromatic rings. The Morgan fingerprint density at radius 2 is 2.10 bits per heavy atom. The van der Waals surface area contributed by atoms with Crippen LogP contribution in [0.1, 0.15) is 37.4 Å². The number of nitrogen functional groups attached to an aromatic ring is 1. The molecule has 102 valence electrons. The summed E-state index contributed by atoms with van der Waals surface area (Å²) >= 11 is 1.48. The summed E-state index contributed by atoms with van der Waals surface area (Å²) in [6.45, 7) is 0. The van der Waals surface area contributed by atoms with Gasteiger partial charge in [0.1, 0.15) is 5.69 Å². The minimum atomic E-state index is 0.487. The quantitative estimate of drug-likeness (QED) is 0.782. The molecule has 0 amide bonds. The van der Waals surface area contributed by atoms with Crippen LogP contribution in [0.2, 0.25) is 0 Å². The lowest BCUT2D eigenvalue weighted by Crippen LogP contribution is -2.01. The number of hydrogen-bond acceptors (Lipinski definition) is 6. The first-order chi connectivity index (χ1) is 9.83. The summed E-state index contributed by atoms with van der Waals surface area (Å²) in [5.41, 5.74) is 7.32. The van der Waals surface area contributed by atoms with E-state index >= 15 is 0 Å². The van der Waals surface area contributed by atoms with Crippen LogP contribution in [0.3, 0.4) is 0 Å². The van der Waals surface area contributed by atoms with E-state index in [0.29, 0.717) is 11.6 Å². The molecule has 1 fully saturated rings. The van der Waals surface area contributed by atoms with Gasteiger partial charge in [0.25, 0.3) is 0 Å². The number of nitrogens with zero attached hydrogens (tertiary/aromatic N) is 5. The maximum absolute atomic E-state index is 5.96. The van der Waals surface area contributed by atoms with Gasteiger partial charge in [0, 0.05) is 12.1 Å². The van der Waals surface area contributed by atoms with Crippen molar-refractivity contribution in [1.82, 2.24) is 24.8 Å². The Labute approximate surface area is 119 Å². The van der Waals surface area contributed by atoms with E-state index < -0.39 is 0 Å². The number of pyridine rings is 1. The first kappa shape index (κ1) is 11.8. The molecule has 7 heteroatoms. The Hall–Kier alpha value is -2.02. The third kappa shape index (κ3) is 1.77. The topological polar surface area (TPSA) is 82.0 Å². The van der Waals surface area contributed by atoms with Gasteiger partial charge in [-0.25, -0.2) is 0 Å². The third-order valence-electron chi connectivity index (χ3n) is 3.78. The van der Waals surface area contributed by atoms with E-state index in [0.717, 1.165) is 21.5 Å². The molecule has 0 saturated heterocycles. The number of aromatic nitrogens is 5. The van der Waals surface area contributed by atoms with Crippen LogP contribution in [0.5, 0.6) is 0 Å². The van der Waals surface area contributed by atoms with Crippen molar-refractivity contribution in [2.24, 2.45) is 0 Å². The zero-order chi connectivity index (χ0) is 13.5. The predicted molar refractivity (Wildman–Crippen MR) is 77.5 cm³/mol. The second-order valence-electron chi connectivity index (χ2n) is 5.08. The van der Waals surface area contributed by atoms with Crippen LogP contribution in [0.15, 0.2) is 18.3 Å². The van der Waals surface area contributed by atoms with Gasteiger partial charge < -0.3 is 5.73 Å². The van der Waals surface area contributed by atoms with Crippen molar-refractivity contribution < 1.29 is 0 Å². The van der Waals surface area contributed by atoms with E-state index in [1.807, 2.05) is 16.6 Å². The molecule has 1 aliphatic rings. The molecule has 0 aliphatic heterocycles. The summed E-state index contributed by atoms with van der Waals surface area (Å²) in [6.07, 6.45) is 6.62. The molecule has 0 atom stereocenters. The highest BCUT2D eigenvalue weighted by molar-refractivity contribution is 7.19. The Kier molecular flexibility index (Phi) is 2.66. The third-order valence-corrected chi connectivity index (χ3v) is 4.68. The van der Waals surface area contributed by atoms with Crippen molar-refractivity contribution >= 4 is 22.0 Å². The van der Waals surface area contributed by atoms with Crippen LogP contribution in [0.25, 0.3) is 15.7 Å². The Balaban J connectivity index is 1.81. The summed E-state index contributed by atoms with van der Waals surface area (Å²) < 4.78 is 1.87. The van der Waals surface area contributed by atoms with E-state index in [9.17, 15) is 0 Å². The molecule has 0 radical (unpaired) electrons. The molecular weight excluding hydrogens is 272 g/mol. The maximum Gasteiger partial charge on any atom is 0.235 e. The second-order valence-corrected chi connectivity index (χ2v) is 6.04. The van der Waals surface area contributed by atoms with Crippen molar-refractivity contribution in [3.8, 4) is 10.7 Å². The number of anilines is 1. The molecule has 2 N–H and O–H groups in total. The van der Waals surface area contributed by atoms with Crippen molar-refractivity contribution in [3.63, 3.8) is 0 Å². The average Bonchev–Trinajstić information content (AvgIpc) is 3.14. The van der Waals surface area contributed by atoms with E-state index in [2.05, 4.69) is 20.3 Å². The summed E-state index contributed by atoms with van der Waals surface area (Å²) in [6, 6.07) is 3.66. The summed E-state index contributed by atoms with van der Waals surface area (Å²) in [7, 11) is 0. The van der Waals surface area contributed by atoms with Gasteiger partial charge in [-0.2, -0.15) is 9.61 Å². The molecule has 4 rings (SSSR count). The van der Waals surface area contributed by atoms with Crippen molar-refractivity contribution in [1.29, 1.82) is 0 Å². The first-order valence-electron chi connectivity index (χ1n) is 6.76. The lowest BCUT2D eigenvalue weighted by atomic mass is 10.1. The monoisotopic (exact) mass is 286 g/mol. The van der Waals surface area contributed by atoms with Gasteiger partial charge in [0.05, 0.1) is 5.69 Å². The minimum absolute atomic E-state index is 0.487. The highest BCUT2D eigenvalue weighted by atomic mass is 32.1. The summed E-state index contributed by atoms with van der Waals surface area (Å²) in [4.78, 5) is 5.12. The van der Waals surface area contributed by atoms with Crippen LogP contribution in [0, 0.1) is 0 Å². The summed E-state index contributed by atoms with van der Waals surface area (Å²) in [5, 5.41) is 14.0. The van der Waals surface area contributed by atoms with Gasteiger partial charge in [0.15, 0.2) is 10.8 Å². The zero-order valence-corrected chi connectivity index (χ0v) is 11.7. The molecule has 0 spiro atoms. The van der Waals surface area contributed by atoms with Crippen LogP contribution in [0.4, 0.5) is 5.69 Å². The molecule has 1 saturated carbocycles. The Morgan fingerprint density at radius 1 is 1.25 bits per heavy atom. The molecule has 0 unspecified atom stereocenters. The van der Waals surface area contributed by atoms with Crippen molar-refractivity contribution in [2.45, 2.75) is 31.6 Å². The van der Waals surface area contributed by atoms with E-state index in [4.69, 9.17) is 5.73 Å². The SMILES string of the molecule is Nc1cccnc1-c1nn2c(C3CCCC3)nnc2s1. The zero-order valence-electron chi connectivity index (χ0n) is 10.9. The lowest BCUT2D eigenvalue weighted by molar-refractivity contribution is 0.641. The van der Waals surface area contributed by atoms with Crippen LogP contribution < -0.4 is 5.73 Å². The van der Waals surface area contributed by atoms with Crippen LogP contribution in [-0.4, -0.2) is 24.8 Å². The standard InChI is InChI=1S/C13H14N6S/c14-9-6-3-7-15-10(9)12-18-19-11(8-4-1-2-5-8)16-17-13(19)20-12/h3,6-8H,1-2,4-5,14H2. The van der Waals surface area contributed by atoms with Gasteiger partial charge in [0.2, 0.25) is 4.96 Å². The molecule has 0 bridgehead atoms. The molecule has 20 heavy (non-hydrogen) atoms. The van der Waals surface area contributed by atoms with Crippen LogP contribution >= 0.6 is 11.3 Å². The molecule has 3 aromatic heterocycles. The molecule has 1 aliphatic carbocycles. The normalized spacial score (nSPS) is 16.2. The van der Waals surface area contributed by atoms with Crippen molar-refractivity contribution in [3.05, 3.63) is 24.2 Å². The maximum atomic E-state index is 5.96. The van der Waals surface area contributed by atoms with Gasteiger partial charge in [-0.3, -0.25) is 4.98 Å². The van der Waals surface area contributed by atoms with Crippen LogP contribution in [-0.2, 0) is 0 Å². The van der Waals surface area contributed by atoms with Gasteiger partial charge in [-0.05, 0) is 25.0 Å². The number of hydrogen-bond donors (Lipinski definition) is 1. The Bertz CT molecular complexity index is 755. The van der Waals surface area contributed by atoms with Gasteiger partial charge in [-0.1, -0.05) is 24.2 Å². The number of fused-ring (bicyclic) bond motifs is 1. The molecule has 6 nitrogen and oxygen atoms in total. The fourth-order valence-electron chi connectivity index (χ4n) is 2.76. The molecular formula is C13H14N6S. The highest BCUT2D eigenvalue weighted by Crippen LogP contribution is 2.35. The Morgan fingerprint density at radius 3 is 2.90 bits per heavy atom. The lowest BCUT2D eigenvalue weighted by Gasteiger charge is -2.03. The van der Waals surface area contributed by atoms with E-state index in [-0.39, 0.29) is 0 Å². The van der Waals surface area contributed by atoms with E-state index in [1.54, 1.807) is 6.20 Å². The van der Waals surface area contributed by atoms with Gasteiger partial charge >= 0.3 is 0 Å². The number of nitrogens with two attached hydrogens (primary N) is 1. The fourth-order valence-corrected chi connectivity index (χ4v) is 3.63. The van der Waals surface area contributed by atoms with Gasteiger partial charge in [-0.15, -0.1) is 10.2 Å². The molecule has 3 heterocycles. The van der Waals surface area contributed by atoms with Crippen molar-refractivity contribution in [2.75, 3.05) is 5.73 Å². The smallest absolute Gasteiger partial charge is 0.235 e. The molecule has 0 aromatic carbocycles. The first-order valence-corrected chi connectivity index (χ1v) is 7.57. The average molecular weight is 286 g/mol. The fraction of sp³-hybridized carbons (Fsp3) is 0.385. The second kappa shape index (κ2) is 4.52. The largest absolute Gasteiger partial charge is 0.397 e. The van der Waals surface area contributed by atoms with E-state index in [1.165, 1.54) is 37.0 Å². The highest BCUT2D eigenvalue weighted by Gasteiger charge is 2.24.